The van der Waals surface area contributed by atoms with Gasteiger partial charge in [0, 0.05) is 0 Å². The molecule has 0 fully saturated rings. The predicted octanol–water partition coefficient (Wildman–Crippen LogP) is 4.29. The van der Waals surface area contributed by atoms with Crippen molar-refractivity contribution in [2.45, 2.75) is 39.2 Å². The van der Waals surface area contributed by atoms with Crippen molar-refractivity contribution < 1.29 is 0 Å². The number of allylic oxidation sites excluding steroid dienone is 1. The standard InChI is InChI=1S/C16H18N2O/c1-11(2)8-14-6-7-15(18-19)16(14)13-5-3-4-12(9-13)10-17/h3-5,9,11,15H,6-8H2,1-2H3. The summed E-state index contributed by atoms with van der Waals surface area (Å²) in [5.41, 5.74) is 4.00. The van der Waals surface area contributed by atoms with Crippen molar-refractivity contribution in [3.05, 3.63) is 45.9 Å². The molecule has 0 bridgehead atoms. The minimum Gasteiger partial charge on any atom is -0.192 e. The summed E-state index contributed by atoms with van der Waals surface area (Å²) in [5, 5.41) is 12.3. The summed E-state index contributed by atoms with van der Waals surface area (Å²) < 4.78 is 0. The molecule has 0 radical (unpaired) electrons. The second-order valence-electron chi connectivity index (χ2n) is 5.47. The molecule has 1 atom stereocenters. The molecular formula is C16H18N2O. The zero-order chi connectivity index (χ0) is 13.8. The van der Waals surface area contributed by atoms with Crippen molar-refractivity contribution in [2.75, 3.05) is 0 Å². The SMILES string of the molecule is CC(C)CC1=C(c2cccc(C#N)c2)C(N=O)CC1. The quantitative estimate of drug-likeness (QED) is 0.753. The fourth-order valence-corrected chi connectivity index (χ4v) is 2.79. The maximum absolute atomic E-state index is 11.0. The molecule has 0 aliphatic heterocycles. The Morgan fingerprint density at radius 3 is 2.89 bits per heavy atom. The van der Waals surface area contributed by atoms with Crippen LogP contribution < -0.4 is 0 Å². The van der Waals surface area contributed by atoms with Gasteiger partial charge < -0.3 is 0 Å². The van der Waals surface area contributed by atoms with E-state index in [1.807, 2.05) is 18.2 Å². The Kier molecular flexibility index (Phi) is 4.11. The van der Waals surface area contributed by atoms with Crippen LogP contribution in [0, 0.1) is 22.2 Å². The lowest BCUT2D eigenvalue weighted by Gasteiger charge is -2.12. The van der Waals surface area contributed by atoms with E-state index in [2.05, 4.69) is 25.1 Å². The molecule has 3 heteroatoms. The third-order valence-electron chi connectivity index (χ3n) is 3.52. The zero-order valence-electron chi connectivity index (χ0n) is 11.4. The topological polar surface area (TPSA) is 53.2 Å². The van der Waals surface area contributed by atoms with Gasteiger partial charge in [0.15, 0.2) is 0 Å². The molecule has 2 rings (SSSR count). The van der Waals surface area contributed by atoms with E-state index in [9.17, 15) is 4.91 Å². The van der Waals surface area contributed by atoms with Gasteiger partial charge in [-0.05, 0) is 48.4 Å². The highest BCUT2D eigenvalue weighted by atomic mass is 16.3. The Morgan fingerprint density at radius 1 is 1.47 bits per heavy atom. The second kappa shape index (κ2) is 5.79. The van der Waals surface area contributed by atoms with Gasteiger partial charge >= 0.3 is 0 Å². The van der Waals surface area contributed by atoms with Gasteiger partial charge in [0.25, 0.3) is 0 Å². The van der Waals surface area contributed by atoms with Gasteiger partial charge in [-0.2, -0.15) is 10.2 Å². The highest BCUT2D eigenvalue weighted by Gasteiger charge is 2.27. The highest BCUT2D eigenvalue weighted by Crippen LogP contribution is 2.39. The number of hydrogen-bond donors (Lipinski definition) is 0. The average molecular weight is 254 g/mol. The molecule has 0 amide bonds. The number of nitroso groups, excluding NO2 is 1. The third kappa shape index (κ3) is 2.90. The maximum Gasteiger partial charge on any atom is 0.118 e. The van der Waals surface area contributed by atoms with E-state index >= 15 is 0 Å². The molecule has 1 aromatic carbocycles. The van der Waals surface area contributed by atoms with E-state index in [0.717, 1.165) is 30.4 Å². The van der Waals surface area contributed by atoms with Crippen molar-refractivity contribution >= 4 is 5.57 Å². The summed E-state index contributed by atoms with van der Waals surface area (Å²) in [4.78, 5) is 11.0. The van der Waals surface area contributed by atoms with E-state index in [-0.39, 0.29) is 6.04 Å². The second-order valence-corrected chi connectivity index (χ2v) is 5.47. The van der Waals surface area contributed by atoms with Gasteiger partial charge in [0.05, 0.1) is 11.6 Å². The minimum absolute atomic E-state index is 0.248. The van der Waals surface area contributed by atoms with Crippen molar-refractivity contribution in [3.63, 3.8) is 0 Å². The summed E-state index contributed by atoms with van der Waals surface area (Å²) in [6.07, 6.45) is 2.75. The van der Waals surface area contributed by atoms with Crippen LogP contribution in [0.2, 0.25) is 0 Å². The van der Waals surface area contributed by atoms with Crippen LogP contribution in [-0.2, 0) is 0 Å². The first-order valence-corrected chi connectivity index (χ1v) is 6.70. The van der Waals surface area contributed by atoms with Gasteiger partial charge in [-0.3, -0.25) is 0 Å². The molecule has 0 saturated carbocycles. The Labute approximate surface area is 113 Å². The first kappa shape index (κ1) is 13.5. The molecule has 3 nitrogen and oxygen atoms in total. The van der Waals surface area contributed by atoms with Crippen LogP contribution >= 0.6 is 0 Å². The number of nitriles is 1. The van der Waals surface area contributed by atoms with Gasteiger partial charge in [0.1, 0.15) is 6.04 Å². The number of nitrogens with zero attached hydrogens (tertiary/aromatic N) is 2. The molecule has 19 heavy (non-hydrogen) atoms. The van der Waals surface area contributed by atoms with Crippen LogP contribution in [0.3, 0.4) is 0 Å². The normalized spacial score (nSPS) is 18.7. The van der Waals surface area contributed by atoms with Crippen LogP contribution in [0.4, 0.5) is 0 Å². The predicted molar refractivity (Wildman–Crippen MR) is 76.3 cm³/mol. The molecule has 1 aromatic rings. The van der Waals surface area contributed by atoms with Gasteiger partial charge in [-0.25, -0.2) is 0 Å². The van der Waals surface area contributed by atoms with Gasteiger partial charge in [0.2, 0.25) is 0 Å². The molecular weight excluding hydrogens is 236 g/mol. The number of rotatable bonds is 4. The molecule has 0 spiro atoms. The summed E-state index contributed by atoms with van der Waals surface area (Å²) in [6.45, 7) is 4.36. The summed E-state index contributed by atoms with van der Waals surface area (Å²) in [5.74, 6) is 0.564. The van der Waals surface area contributed by atoms with E-state index in [4.69, 9.17) is 5.26 Å². The highest BCUT2D eigenvalue weighted by molar-refractivity contribution is 5.75. The number of benzene rings is 1. The number of hydrogen-bond acceptors (Lipinski definition) is 3. The summed E-state index contributed by atoms with van der Waals surface area (Å²) in [6, 6.07) is 9.38. The minimum atomic E-state index is -0.248. The fraction of sp³-hybridized carbons (Fsp3) is 0.438. The van der Waals surface area contributed by atoms with Crippen LogP contribution in [0.5, 0.6) is 0 Å². The molecule has 1 unspecified atom stereocenters. The monoisotopic (exact) mass is 254 g/mol. The summed E-state index contributed by atoms with van der Waals surface area (Å²) >= 11 is 0. The van der Waals surface area contributed by atoms with Crippen LogP contribution in [0.1, 0.15) is 44.2 Å². The van der Waals surface area contributed by atoms with E-state index in [1.54, 1.807) is 6.07 Å². The lowest BCUT2D eigenvalue weighted by molar-refractivity contribution is 0.628. The van der Waals surface area contributed by atoms with E-state index in [0.29, 0.717) is 11.5 Å². The van der Waals surface area contributed by atoms with Crippen molar-refractivity contribution in [1.29, 1.82) is 5.26 Å². The largest absolute Gasteiger partial charge is 0.192 e. The zero-order valence-corrected chi connectivity index (χ0v) is 11.4. The Balaban J connectivity index is 2.46. The van der Waals surface area contributed by atoms with Crippen LogP contribution in [0.25, 0.3) is 5.57 Å². The fourth-order valence-electron chi connectivity index (χ4n) is 2.79. The molecule has 98 valence electrons. The first-order chi connectivity index (χ1) is 9.15. The third-order valence-corrected chi connectivity index (χ3v) is 3.52. The maximum atomic E-state index is 11.0. The van der Waals surface area contributed by atoms with Gasteiger partial charge in [-0.15, -0.1) is 0 Å². The van der Waals surface area contributed by atoms with Crippen molar-refractivity contribution in [3.8, 4) is 6.07 Å². The average Bonchev–Trinajstić information content (AvgIpc) is 2.80. The Bertz CT molecular complexity index is 552. The molecule has 0 heterocycles. The molecule has 0 N–H and O–H groups in total. The van der Waals surface area contributed by atoms with Crippen LogP contribution in [-0.4, -0.2) is 6.04 Å². The first-order valence-electron chi connectivity index (χ1n) is 6.70. The van der Waals surface area contributed by atoms with Crippen molar-refractivity contribution in [1.82, 2.24) is 0 Å². The smallest absolute Gasteiger partial charge is 0.118 e. The van der Waals surface area contributed by atoms with E-state index in [1.165, 1.54) is 5.57 Å². The van der Waals surface area contributed by atoms with Crippen LogP contribution in [0.15, 0.2) is 35.0 Å². The van der Waals surface area contributed by atoms with E-state index < -0.39 is 0 Å². The summed E-state index contributed by atoms with van der Waals surface area (Å²) in [7, 11) is 0. The van der Waals surface area contributed by atoms with Crippen molar-refractivity contribution in [2.24, 2.45) is 11.1 Å². The van der Waals surface area contributed by atoms with Gasteiger partial charge in [-0.1, -0.05) is 36.7 Å². The Hall–Kier alpha value is -1.95. The lowest BCUT2D eigenvalue weighted by Crippen LogP contribution is -2.02. The molecule has 0 aromatic heterocycles. The molecule has 1 aliphatic rings. The lowest BCUT2D eigenvalue weighted by atomic mass is 9.94. The molecule has 1 aliphatic carbocycles. The Morgan fingerprint density at radius 2 is 2.26 bits per heavy atom. The molecule has 0 saturated heterocycles.